The van der Waals surface area contributed by atoms with Gasteiger partial charge in [0.1, 0.15) is 6.04 Å². The Kier molecular flexibility index (Phi) is 2.25. The van der Waals surface area contributed by atoms with Crippen molar-refractivity contribution in [3.8, 4) is 0 Å². The van der Waals surface area contributed by atoms with Crippen LogP contribution < -0.4 is 5.73 Å². The number of carbonyl (C=O) groups is 1. The highest BCUT2D eigenvalue weighted by molar-refractivity contribution is 5.74. The predicted octanol–water partition coefficient (Wildman–Crippen LogP) is 0.692. The van der Waals surface area contributed by atoms with Crippen LogP contribution in [-0.4, -0.2) is 20.9 Å². The van der Waals surface area contributed by atoms with Crippen LogP contribution in [0.3, 0.4) is 0 Å². The summed E-state index contributed by atoms with van der Waals surface area (Å²) in [6.07, 6.45) is 6.76. The molecule has 1 atom stereocenters. The van der Waals surface area contributed by atoms with Gasteiger partial charge in [-0.2, -0.15) is 5.10 Å². The van der Waals surface area contributed by atoms with E-state index < -0.39 is 12.0 Å². The van der Waals surface area contributed by atoms with Crippen molar-refractivity contribution in [2.75, 3.05) is 0 Å². The molecule has 0 spiro atoms. The van der Waals surface area contributed by atoms with Crippen molar-refractivity contribution in [3.63, 3.8) is 0 Å². The van der Waals surface area contributed by atoms with Crippen LogP contribution in [-0.2, 0) is 4.79 Å². The topological polar surface area (TPSA) is 81.1 Å². The Bertz CT molecular complexity index is 344. The second kappa shape index (κ2) is 3.42. The Balaban J connectivity index is 2.12. The van der Waals surface area contributed by atoms with Crippen LogP contribution in [0.5, 0.6) is 0 Å². The zero-order chi connectivity index (χ0) is 10.1. The normalized spacial score (nSPS) is 18.9. The molecule has 0 aliphatic heterocycles. The second-order valence-electron chi connectivity index (χ2n) is 3.65. The SMILES string of the molecule is NC(C(=O)O)c1cnn(C2CCC2)c1. The smallest absolute Gasteiger partial charge is 0.325 e. The van der Waals surface area contributed by atoms with Gasteiger partial charge in [-0.15, -0.1) is 0 Å². The number of carboxylic acid groups (broad SMARTS) is 1. The van der Waals surface area contributed by atoms with Gasteiger partial charge in [-0.25, -0.2) is 0 Å². The van der Waals surface area contributed by atoms with Crippen LogP contribution in [0.4, 0.5) is 0 Å². The van der Waals surface area contributed by atoms with Gasteiger partial charge in [0, 0.05) is 11.8 Å². The first-order chi connectivity index (χ1) is 6.68. The van der Waals surface area contributed by atoms with E-state index in [9.17, 15) is 4.79 Å². The molecule has 2 rings (SSSR count). The fourth-order valence-corrected chi connectivity index (χ4v) is 1.51. The minimum absolute atomic E-state index is 0.449. The van der Waals surface area contributed by atoms with Crippen molar-refractivity contribution in [1.29, 1.82) is 0 Å². The molecule has 1 unspecified atom stereocenters. The maximum Gasteiger partial charge on any atom is 0.325 e. The Morgan fingerprint density at radius 3 is 2.93 bits per heavy atom. The van der Waals surface area contributed by atoms with Crippen LogP contribution in [0.1, 0.15) is 36.9 Å². The van der Waals surface area contributed by atoms with Gasteiger partial charge in [0.25, 0.3) is 0 Å². The van der Waals surface area contributed by atoms with Gasteiger partial charge in [-0.3, -0.25) is 9.48 Å². The highest BCUT2D eigenvalue weighted by Crippen LogP contribution is 2.31. The number of carboxylic acids is 1. The van der Waals surface area contributed by atoms with E-state index in [4.69, 9.17) is 10.8 Å². The summed E-state index contributed by atoms with van der Waals surface area (Å²) in [5.41, 5.74) is 6.03. The lowest BCUT2D eigenvalue weighted by molar-refractivity contribution is -0.138. The van der Waals surface area contributed by atoms with Crippen molar-refractivity contribution in [3.05, 3.63) is 18.0 Å². The van der Waals surface area contributed by atoms with E-state index in [2.05, 4.69) is 5.10 Å². The quantitative estimate of drug-likeness (QED) is 0.743. The summed E-state index contributed by atoms with van der Waals surface area (Å²) in [6, 6.07) is -0.506. The van der Waals surface area contributed by atoms with Crippen LogP contribution >= 0.6 is 0 Å². The Labute approximate surface area is 81.5 Å². The third-order valence-electron chi connectivity index (χ3n) is 2.70. The van der Waals surface area contributed by atoms with Gasteiger partial charge >= 0.3 is 5.97 Å². The van der Waals surface area contributed by atoms with E-state index in [1.165, 1.54) is 12.6 Å². The fraction of sp³-hybridized carbons (Fsp3) is 0.556. The molecular formula is C9H13N3O2. The number of hydrogen-bond donors (Lipinski definition) is 2. The zero-order valence-corrected chi connectivity index (χ0v) is 7.76. The molecule has 1 heterocycles. The van der Waals surface area contributed by atoms with Crippen molar-refractivity contribution < 1.29 is 9.90 Å². The van der Waals surface area contributed by atoms with Gasteiger partial charge < -0.3 is 10.8 Å². The van der Waals surface area contributed by atoms with Crippen molar-refractivity contribution in [2.24, 2.45) is 5.73 Å². The van der Waals surface area contributed by atoms with Gasteiger partial charge in [-0.05, 0) is 19.3 Å². The van der Waals surface area contributed by atoms with Crippen LogP contribution in [0.15, 0.2) is 12.4 Å². The average Bonchev–Trinajstić information content (AvgIpc) is 2.48. The Hall–Kier alpha value is -1.36. The highest BCUT2D eigenvalue weighted by atomic mass is 16.4. The molecule has 0 bridgehead atoms. The molecule has 1 aromatic rings. The molecule has 5 heteroatoms. The molecule has 14 heavy (non-hydrogen) atoms. The summed E-state index contributed by atoms with van der Waals surface area (Å²) in [7, 11) is 0. The first kappa shape index (κ1) is 9.21. The number of aliphatic carboxylic acids is 1. The summed E-state index contributed by atoms with van der Waals surface area (Å²) in [4.78, 5) is 10.6. The third kappa shape index (κ3) is 1.50. The molecule has 1 fully saturated rings. The van der Waals surface area contributed by atoms with E-state index in [0.29, 0.717) is 11.6 Å². The van der Waals surface area contributed by atoms with Gasteiger partial charge in [-0.1, -0.05) is 0 Å². The number of nitrogens with two attached hydrogens (primary N) is 1. The minimum atomic E-state index is -1.02. The molecule has 5 nitrogen and oxygen atoms in total. The van der Waals surface area contributed by atoms with Gasteiger partial charge in [0.2, 0.25) is 0 Å². The third-order valence-corrected chi connectivity index (χ3v) is 2.70. The summed E-state index contributed by atoms with van der Waals surface area (Å²) >= 11 is 0. The summed E-state index contributed by atoms with van der Waals surface area (Å²) in [5, 5.41) is 12.8. The number of hydrogen-bond acceptors (Lipinski definition) is 3. The Morgan fingerprint density at radius 2 is 2.43 bits per heavy atom. The Morgan fingerprint density at radius 1 is 1.71 bits per heavy atom. The fourth-order valence-electron chi connectivity index (χ4n) is 1.51. The second-order valence-corrected chi connectivity index (χ2v) is 3.65. The molecule has 1 saturated carbocycles. The molecule has 1 aromatic heterocycles. The largest absolute Gasteiger partial charge is 0.480 e. The van der Waals surface area contributed by atoms with E-state index in [0.717, 1.165) is 12.8 Å². The first-order valence-electron chi connectivity index (χ1n) is 4.71. The highest BCUT2D eigenvalue weighted by Gasteiger charge is 2.22. The predicted molar refractivity (Wildman–Crippen MR) is 49.7 cm³/mol. The van der Waals surface area contributed by atoms with E-state index in [1.807, 2.05) is 4.68 Å². The van der Waals surface area contributed by atoms with Crippen LogP contribution in [0.2, 0.25) is 0 Å². The molecule has 0 radical (unpaired) electrons. The van der Waals surface area contributed by atoms with Crippen LogP contribution in [0.25, 0.3) is 0 Å². The maximum atomic E-state index is 10.6. The molecular weight excluding hydrogens is 182 g/mol. The molecule has 0 amide bonds. The van der Waals surface area contributed by atoms with Gasteiger partial charge in [0.15, 0.2) is 0 Å². The van der Waals surface area contributed by atoms with E-state index in [-0.39, 0.29) is 0 Å². The molecule has 0 aromatic carbocycles. The standard InChI is InChI=1S/C9H13N3O2/c10-8(9(13)14)6-4-11-12(5-6)7-2-1-3-7/h4-5,7-8H,1-3,10H2,(H,13,14). The molecule has 76 valence electrons. The summed E-state index contributed by atoms with van der Waals surface area (Å²) in [5.74, 6) is -1.02. The minimum Gasteiger partial charge on any atom is -0.480 e. The van der Waals surface area contributed by atoms with Crippen molar-refractivity contribution in [1.82, 2.24) is 9.78 Å². The van der Waals surface area contributed by atoms with E-state index in [1.54, 1.807) is 6.20 Å². The molecule has 1 aliphatic rings. The van der Waals surface area contributed by atoms with Crippen molar-refractivity contribution >= 4 is 5.97 Å². The van der Waals surface area contributed by atoms with E-state index >= 15 is 0 Å². The summed E-state index contributed by atoms with van der Waals surface area (Å²) in [6.45, 7) is 0. The lowest BCUT2D eigenvalue weighted by Crippen LogP contribution is -2.20. The molecule has 1 aliphatic carbocycles. The molecule has 3 N–H and O–H groups in total. The van der Waals surface area contributed by atoms with Gasteiger partial charge in [0.05, 0.1) is 12.2 Å². The van der Waals surface area contributed by atoms with Crippen LogP contribution in [0, 0.1) is 0 Å². The molecule has 0 saturated heterocycles. The number of nitrogens with zero attached hydrogens (tertiary/aromatic N) is 2. The maximum absolute atomic E-state index is 10.6. The number of rotatable bonds is 3. The lowest BCUT2D eigenvalue weighted by atomic mass is 9.93. The first-order valence-corrected chi connectivity index (χ1v) is 4.71. The number of aromatic nitrogens is 2. The zero-order valence-electron chi connectivity index (χ0n) is 7.76. The lowest BCUT2D eigenvalue weighted by Gasteiger charge is -2.25. The van der Waals surface area contributed by atoms with Crippen molar-refractivity contribution in [2.45, 2.75) is 31.3 Å². The monoisotopic (exact) mass is 195 g/mol. The summed E-state index contributed by atoms with van der Waals surface area (Å²) < 4.78 is 1.82. The average molecular weight is 195 g/mol.